The molecule has 4 heteroatoms. The lowest BCUT2D eigenvalue weighted by Crippen LogP contribution is -2.50. The van der Waals surface area contributed by atoms with E-state index >= 15 is 0 Å². The summed E-state index contributed by atoms with van der Waals surface area (Å²) in [7, 11) is 0. The zero-order valence-electron chi connectivity index (χ0n) is 14.0. The summed E-state index contributed by atoms with van der Waals surface area (Å²) in [6, 6.07) is 29.0. The van der Waals surface area contributed by atoms with Crippen LogP contribution >= 0.6 is 0 Å². The molecule has 0 saturated heterocycles. The molecule has 4 nitrogen and oxygen atoms in total. The molecule has 0 spiro atoms. The highest BCUT2D eigenvalue weighted by atomic mass is 16.2. The van der Waals surface area contributed by atoms with Crippen LogP contribution in [0.2, 0.25) is 0 Å². The lowest BCUT2D eigenvalue weighted by molar-refractivity contribution is -0.115. The third-order valence-electron chi connectivity index (χ3n) is 4.04. The molecule has 26 heavy (non-hydrogen) atoms. The van der Waals surface area contributed by atoms with Crippen molar-refractivity contribution in [1.82, 2.24) is 5.43 Å². The number of amidine groups is 1. The molecule has 1 heterocycles. The van der Waals surface area contributed by atoms with E-state index in [0.29, 0.717) is 11.5 Å². The highest BCUT2D eigenvalue weighted by molar-refractivity contribution is 6.16. The molecule has 0 radical (unpaired) electrons. The van der Waals surface area contributed by atoms with Gasteiger partial charge >= 0.3 is 0 Å². The highest BCUT2D eigenvalue weighted by Crippen LogP contribution is 2.21. The van der Waals surface area contributed by atoms with Gasteiger partial charge in [0.15, 0.2) is 5.84 Å². The Hall–Kier alpha value is -3.66. The number of hydrogen-bond acceptors (Lipinski definition) is 3. The Morgan fingerprint density at radius 3 is 2.00 bits per heavy atom. The number of nitrogens with one attached hydrogen (secondary N) is 1. The number of carbonyl (C=O) groups excluding carboxylic acids is 1. The van der Waals surface area contributed by atoms with E-state index in [1.54, 1.807) is 0 Å². The number of hydrazine groups is 1. The number of para-hydroxylation sites is 1. The van der Waals surface area contributed by atoms with Crippen molar-refractivity contribution >= 4 is 23.5 Å². The molecule has 1 N–H and O–H groups in total. The van der Waals surface area contributed by atoms with E-state index in [1.165, 1.54) is 5.01 Å². The molecule has 0 unspecified atom stereocenters. The van der Waals surface area contributed by atoms with Crippen LogP contribution in [0.25, 0.3) is 6.08 Å². The van der Waals surface area contributed by atoms with E-state index in [1.807, 2.05) is 97.1 Å². The third-order valence-corrected chi connectivity index (χ3v) is 4.04. The van der Waals surface area contributed by atoms with Crippen LogP contribution in [0.5, 0.6) is 0 Å². The van der Waals surface area contributed by atoms with Gasteiger partial charge in [0.1, 0.15) is 5.70 Å². The third kappa shape index (κ3) is 3.26. The van der Waals surface area contributed by atoms with Gasteiger partial charge in [-0.1, -0.05) is 78.9 Å². The van der Waals surface area contributed by atoms with Crippen LogP contribution in [0.4, 0.5) is 5.69 Å². The number of hydrogen-bond donors (Lipinski definition) is 1. The lowest BCUT2D eigenvalue weighted by Gasteiger charge is -2.29. The van der Waals surface area contributed by atoms with E-state index in [-0.39, 0.29) is 5.91 Å². The van der Waals surface area contributed by atoms with Crippen LogP contribution in [0.15, 0.2) is 102 Å². The number of anilines is 1. The first-order chi connectivity index (χ1) is 12.8. The summed E-state index contributed by atoms with van der Waals surface area (Å²) in [6.07, 6.45) is 1.81. The Morgan fingerprint density at radius 2 is 1.35 bits per heavy atom. The SMILES string of the molecule is O=C1C(=Cc2ccccc2)N=C(c2ccccc2)NN1c1ccccc1. The van der Waals surface area contributed by atoms with Gasteiger partial charge in [-0.2, -0.15) is 0 Å². The van der Waals surface area contributed by atoms with Crippen molar-refractivity contribution in [3.63, 3.8) is 0 Å². The van der Waals surface area contributed by atoms with Crippen LogP contribution in [-0.2, 0) is 4.79 Å². The van der Waals surface area contributed by atoms with Crippen LogP contribution in [0.1, 0.15) is 11.1 Å². The summed E-state index contributed by atoms with van der Waals surface area (Å²) in [5, 5.41) is 1.53. The van der Waals surface area contributed by atoms with Gasteiger partial charge in [-0.25, -0.2) is 10.0 Å². The summed E-state index contributed by atoms with van der Waals surface area (Å²) in [6.45, 7) is 0. The molecule has 0 atom stereocenters. The first kappa shape index (κ1) is 15.8. The minimum absolute atomic E-state index is 0.195. The van der Waals surface area contributed by atoms with E-state index in [9.17, 15) is 4.79 Å². The van der Waals surface area contributed by atoms with Gasteiger partial charge in [-0.3, -0.25) is 10.2 Å². The quantitative estimate of drug-likeness (QED) is 0.732. The van der Waals surface area contributed by atoms with Crippen LogP contribution < -0.4 is 10.4 Å². The van der Waals surface area contributed by atoms with Gasteiger partial charge in [0.2, 0.25) is 0 Å². The summed E-state index contributed by atoms with van der Waals surface area (Å²) in [5.41, 5.74) is 6.14. The molecule has 0 bridgehead atoms. The summed E-state index contributed by atoms with van der Waals surface area (Å²) in [5.74, 6) is 0.441. The van der Waals surface area contributed by atoms with Gasteiger partial charge in [0.05, 0.1) is 5.69 Å². The van der Waals surface area contributed by atoms with Gasteiger partial charge in [0, 0.05) is 5.56 Å². The predicted octanol–water partition coefficient (Wildman–Crippen LogP) is 4.03. The van der Waals surface area contributed by atoms with Gasteiger partial charge < -0.3 is 0 Å². The molecule has 0 saturated carbocycles. The highest BCUT2D eigenvalue weighted by Gasteiger charge is 2.27. The minimum atomic E-state index is -0.195. The molecular formula is C22H17N3O. The van der Waals surface area contributed by atoms with Crippen LogP contribution in [0.3, 0.4) is 0 Å². The fourth-order valence-corrected chi connectivity index (χ4v) is 2.75. The number of rotatable bonds is 3. The Morgan fingerprint density at radius 1 is 0.769 bits per heavy atom. The standard InChI is InChI=1S/C22H17N3O/c26-22-20(16-17-10-4-1-5-11-17)23-21(18-12-6-2-7-13-18)24-25(22)19-14-8-3-9-15-19/h1-16H,(H,23,24). The molecule has 3 aromatic rings. The van der Waals surface area contributed by atoms with E-state index in [2.05, 4.69) is 10.4 Å². The number of amides is 1. The van der Waals surface area contributed by atoms with Gasteiger partial charge in [-0.05, 0) is 23.8 Å². The maximum atomic E-state index is 13.0. The average molecular weight is 339 g/mol. The van der Waals surface area contributed by atoms with Crippen molar-refractivity contribution in [3.8, 4) is 0 Å². The molecule has 4 rings (SSSR count). The van der Waals surface area contributed by atoms with Crippen molar-refractivity contribution in [1.29, 1.82) is 0 Å². The van der Waals surface area contributed by atoms with Gasteiger partial charge in [0.25, 0.3) is 5.91 Å². The number of benzene rings is 3. The number of nitrogens with zero attached hydrogens (tertiary/aromatic N) is 2. The zero-order valence-corrected chi connectivity index (χ0v) is 14.0. The Labute approximate surface area is 152 Å². The second kappa shape index (κ2) is 7.07. The normalized spacial score (nSPS) is 15.5. The second-order valence-corrected chi connectivity index (χ2v) is 5.85. The van der Waals surface area contributed by atoms with Crippen molar-refractivity contribution in [2.75, 3.05) is 5.01 Å². The van der Waals surface area contributed by atoms with E-state index in [4.69, 9.17) is 0 Å². The molecule has 0 aromatic heterocycles. The minimum Gasteiger partial charge on any atom is -0.274 e. The topological polar surface area (TPSA) is 44.7 Å². The maximum Gasteiger partial charge on any atom is 0.295 e. The summed E-state index contributed by atoms with van der Waals surface area (Å²) in [4.78, 5) is 17.6. The smallest absolute Gasteiger partial charge is 0.274 e. The molecule has 1 aliphatic heterocycles. The lowest BCUT2D eigenvalue weighted by atomic mass is 10.1. The Balaban J connectivity index is 1.80. The van der Waals surface area contributed by atoms with Crippen molar-refractivity contribution in [2.45, 2.75) is 0 Å². The first-order valence-electron chi connectivity index (χ1n) is 8.38. The van der Waals surface area contributed by atoms with Crippen LogP contribution in [-0.4, -0.2) is 11.7 Å². The van der Waals surface area contributed by atoms with Gasteiger partial charge in [-0.15, -0.1) is 0 Å². The number of aliphatic imine (C=N–C) groups is 1. The maximum absolute atomic E-state index is 13.0. The van der Waals surface area contributed by atoms with Crippen LogP contribution in [0, 0.1) is 0 Å². The van der Waals surface area contributed by atoms with Crippen molar-refractivity contribution in [3.05, 3.63) is 108 Å². The first-order valence-corrected chi connectivity index (χ1v) is 8.38. The van der Waals surface area contributed by atoms with E-state index < -0.39 is 0 Å². The fraction of sp³-hybridized carbons (Fsp3) is 0. The molecule has 3 aromatic carbocycles. The average Bonchev–Trinajstić information content (AvgIpc) is 2.71. The Kier molecular flexibility index (Phi) is 4.31. The molecule has 1 aliphatic rings. The molecule has 126 valence electrons. The summed E-state index contributed by atoms with van der Waals surface area (Å²) < 4.78 is 0. The predicted molar refractivity (Wildman–Crippen MR) is 104 cm³/mol. The Bertz CT molecular complexity index is 964. The van der Waals surface area contributed by atoms with E-state index in [0.717, 1.165) is 16.8 Å². The van der Waals surface area contributed by atoms with Crippen molar-refractivity contribution in [2.24, 2.45) is 4.99 Å². The molecule has 1 amide bonds. The fourth-order valence-electron chi connectivity index (χ4n) is 2.75. The second-order valence-electron chi connectivity index (χ2n) is 5.85. The summed E-state index contributed by atoms with van der Waals surface area (Å²) >= 11 is 0. The van der Waals surface area contributed by atoms with Crippen molar-refractivity contribution < 1.29 is 4.79 Å². The molecule has 0 aliphatic carbocycles. The largest absolute Gasteiger partial charge is 0.295 e. The molecular weight excluding hydrogens is 322 g/mol. The monoisotopic (exact) mass is 339 g/mol. The zero-order chi connectivity index (χ0) is 17.8. The molecule has 0 fully saturated rings. The number of carbonyl (C=O) groups is 1.